The molecule has 1 aliphatic rings. The van der Waals surface area contributed by atoms with Crippen LogP contribution < -0.4 is 11.1 Å². The highest BCUT2D eigenvalue weighted by Gasteiger charge is 2.25. The molecule has 3 rings (SSSR count). The van der Waals surface area contributed by atoms with Gasteiger partial charge in [-0.25, -0.2) is 0 Å². The van der Waals surface area contributed by atoms with Crippen LogP contribution in [0.3, 0.4) is 0 Å². The fourth-order valence-electron chi connectivity index (χ4n) is 3.87. The van der Waals surface area contributed by atoms with Gasteiger partial charge in [-0.2, -0.15) is 0 Å². The normalized spacial score (nSPS) is 15.4. The van der Waals surface area contributed by atoms with Crippen LogP contribution in [0, 0.1) is 11.3 Å². The first-order chi connectivity index (χ1) is 14.5. The zero-order valence-electron chi connectivity index (χ0n) is 17.4. The van der Waals surface area contributed by atoms with Crippen LogP contribution in [0.5, 0.6) is 0 Å². The van der Waals surface area contributed by atoms with E-state index < -0.39 is 6.04 Å². The Morgan fingerprint density at radius 2 is 1.67 bits per heavy atom. The number of amidine groups is 1. The van der Waals surface area contributed by atoms with Gasteiger partial charge in [0.15, 0.2) is 0 Å². The van der Waals surface area contributed by atoms with Crippen molar-refractivity contribution in [2.45, 2.75) is 38.6 Å². The maximum absolute atomic E-state index is 13.0. The zero-order chi connectivity index (χ0) is 21.5. The monoisotopic (exact) mass is 406 g/mol. The summed E-state index contributed by atoms with van der Waals surface area (Å²) in [6, 6.07) is 15.8. The summed E-state index contributed by atoms with van der Waals surface area (Å²) in [5, 5.41) is 10.5. The number of nitrogens with two attached hydrogens (primary N) is 1. The summed E-state index contributed by atoms with van der Waals surface area (Å²) in [6.45, 7) is 3.78. The van der Waals surface area contributed by atoms with E-state index in [2.05, 4.69) is 12.2 Å². The van der Waals surface area contributed by atoms with E-state index in [1.54, 1.807) is 24.3 Å². The molecule has 0 radical (unpaired) electrons. The molecule has 1 saturated heterocycles. The molecular formula is C24H30N4O2. The van der Waals surface area contributed by atoms with Crippen molar-refractivity contribution >= 4 is 17.6 Å². The van der Waals surface area contributed by atoms with E-state index in [9.17, 15) is 9.59 Å². The Morgan fingerprint density at radius 1 is 1.07 bits per heavy atom. The molecule has 158 valence electrons. The van der Waals surface area contributed by atoms with Gasteiger partial charge in [0.05, 0.1) is 12.5 Å². The van der Waals surface area contributed by atoms with E-state index in [4.69, 9.17) is 11.1 Å². The van der Waals surface area contributed by atoms with E-state index in [0.29, 0.717) is 17.0 Å². The van der Waals surface area contributed by atoms with Crippen molar-refractivity contribution in [3.63, 3.8) is 0 Å². The molecule has 6 nitrogen and oxygen atoms in total. The topological polar surface area (TPSA) is 99.3 Å². The Balaban J connectivity index is 1.70. The molecule has 0 bridgehead atoms. The molecular weight excluding hydrogens is 376 g/mol. The number of amides is 2. The van der Waals surface area contributed by atoms with Crippen LogP contribution in [-0.2, 0) is 4.79 Å². The third-order valence-electron chi connectivity index (χ3n) is 5.89. The molecule has 6 heteroatoms. The number of benzene rings is 2. The lowest BCUT2D eigenvalue weighted by molar-refractivity contribution is -0.133. The first-order valence-electron chi connectivity index (χ1n) is 10.6. The average molecular weight is 407 g/mol. The smallest absolute Gasteiger partial charge is 0.251 e. The fraction of sp³-hybridized carbons (Fsp3) is 0.375. The first kappa shape index (κ1) is 21.6. The van der Waals surface area contributed by atoms with Crippen LogP contribution in [0.1, 0.15) is 60.1 Å². The van der Waals surface area contributed by atoms with Gasteiger partial charge >= 0.3 is 0 Å². The van der Waals surface area contributed by atoms with Crippen LogP contribution in [0.4, 0.5) is 0 Å². The predicted octanol–water partition coefficient (Wildman–Crippen LogP) is 3.48. The standard InChI is InChI=1S/C24H30N4O2/c1-2-17-12-14-28(15-13-17)22(29)16-21(18-6-4-3-5-7-18)27-24(30)20-10-8-19(9-11-20)23(25)26/h3-11,17,21H,2,12-16H2,1H3,(H3,25,26)(H,27,30). The molecule has 1 aliphatic heterocycles. The zero-order valence-corrected chi connectivity index (χ0v) is 17.4. The SMILES string of the molecule is CCC1CCN(C(=O)CC(NC(=O)c2ccc(C(=N)N)cc2)c2ccccc2)CC1. The van der Waals surface area contributed by atoms with Crippen molar-refractivity contribution in [1.29, 1.82) is 5.41 Å². The number of hydrogen-bond donors (Lipinski definition) is 3. The molecule has 0 saturated carbocycles. The largest absolute Gasteiger partial charge is 0.384 e. The van der Waals surface area contributed by atoms with Crippen molar-refractivity contribution < 1.29 is 9.59 Å². The maximum Gasteiger partial charge on any atom is 0.251 e. The molecule has 2 aromatic rings. The van der Waals surface area contributed by atoms with Crippen LogP contribution in [0.25, 0.3) is 0 Å². The van der Waals surface area contributed by atoms with Crippen molar-refractivity contribution in [3.8, 4) is 0 Å². The summed E-state index contributed by atoms with van der Waals surface area (Å²) in [4.78, 5) is 27.7. The third-order valence-corrected chi connectivity index (χ3v) is 5.89. The molecule has 1 unspecified atom stereocenters. The van der Waals surface area contributed by atoms with E-state index in [1.807, 2.05) is 35.2 Å². The van der Waals surface area contributed by atoms with E-state index in [0.717, 1.165) is 37.9 Å². The lowest BCUT2D eigenvalue weighted by Crippen LogP contribution is -2.40. The van der Waals surface area contributed by atoms with Gasteiger partial charge in [0.1, 0.15) is 5.84 Å². The second-order valence-electron chi connectivity index (χ2n) is 7.86. The Morgan fingerprint density at radius 3 is 2.23 bits per heavy atom. The lowest BCUT2D eigenvalue weighted by Gasteiger charge is -2.32. The summed E-state index contributed by atoms with van der Waals surface area (Å²) >= 11 is 0. The summed E-state index contributed by atoms with van der Waals surface area (Å²) in [7, 11) is 0. The van der Waals surface area contributed by atoms with Gasteiger partial charge in [0.2, 0.25) is 5.91 Å². The third kappa shape index (κ3) is 5.47. The number of nitrogens with one attached hydrogen (secondary N) is 2. The number of nitrogen functional groups attached to an aromatic ring is 1. The van der Waals surface area contributed by atoms with Crippen LogP contribution in [0.2, 0.25) is 0 Å². The van der Waals surface area contributed by atoms with Gasteiger partial charge in [-0.1, -0.05) is 55.8 Å². The number of nitrogens with zero attached hydrogens (tertiary/aromatic N) is 1. The minimum atomic E-state index is -0.400. The van der Waals surface area contributed by atoms with Gasteiger partial charge in [-0.3, -0.25) is 15.0 Å². The Bertz CT molecular complexity index is 872. The second-order valence-corrected chi connectivity index (χ2v) is 7.86. The van der Waals surface area contributed by atoms with Crippen molar-refractivity contribution in [2.24, 2.45) is 11.7 Å². The molecule has 1 atom stereocenters. The summed E-state index contributed by atoms with van der Waals surface area (Å²) in [5.74, 6) is 0.486. The van der Waals surface area contributed by atoms with E-state index in [1.165, 1.54) is 0 Å². The summed E-state index contributed by atoms with van der Waals surface area (Å²) in [6.07, 6.45) is 3.49. The minimum Gasteiger partial charge on any atom is -0.384 e. The molecule has 2 amide bonds. The molecule has 4 N–H and O–H groups in total. The first-order valence-corrected chi connectivity index (χ1v) is 10.6. The number of carbonyl (C=O) groups excluding carboxylic acids is 2. The highest BCUT2D eigenvalue weighted by Crippen LogP contribution is 2.23. The van der Waals surface area contributed by atoms with Gasteiger partial charge < -0.3 is 16.0 Å². The predicted molar refractivity (Wildman–Crippen MR) is 118 cm³/mol. The van der Waals surface area contributed by atoms with Crippen molar-refractivity contribution in [1.82, 2.24) is 10.2 Å². The molecule has 0 spiro atoms. The summed E-state index contributed by atoms with van der Waals surface area (Å²) < 4.78 is 0. The second kappa shape index (κ2) is 10.1. The molecule has 0 aromatic heterocycles. The van der Waals surface area contributed by atoms with Gasteiger partial charge in [0, 0.05) is 24.2 Å². The number of rotatable bonds is 7. The van der Waals surface area contributed by atoms with Crippen molar-refractivity contribution in [2.75, 3.05) is 13.1 Å². The van der Waals surface area contributed by atoms with Crippen LogP contribution in [0.15, 0.2) is 54.6 Å². The molecule has 2 aromatic carbocycles. The number of likely N-dealkylation sites (tertiary alicyclic amines) is 1. The number of piperidine rings is 1. The van der Waals surface area contributed by atoms with Gasteiger partial charge in [-0.05, 0) is 36.5 Å². The number of carbonyl (C=O) groups is 2. The van der Waals surface area contributed by atoms with Crippen molar-refractivity contribution in [3.05, 3.63) is 71.3 Å². The highest BCUT2D eigenvalue weighted by atomic mass is 16.2. The minimum absolute atomic E-state index is 0.0402. The molecule has 0 aliphatic carbocycles. The van der Waals surface area contributed by atoms with Crippen LogP contribution >= 0.6 is 0 Å². The number of hydrogen-bond acceptors (Lipinski definition) is 3. The fourth-order valence-corrected chi connectivity index (χ4v) is 3.87. The average Bonchev–Trinajstić information content (AvgIpc) is 2.79. The highest BCUT2D eigenvalue weighted by molar-refractivity contribution is 5.98. The van der Waals surface area contributed by atoms with Crippen LogP contribution in [-0.4, -0.2) is 35.6 Å². The molecule has 1 fully saturated rings. The quantitative estimate of drug-likeness (QED) is 0.485. The Labute approximate surface area is 178 Å². The van der Waals surface area contributed by atoms with Gasteiger partial charge in [0.25, 0.3) is 5.91 Å². The Hall–Kier alpha value is -3.15. The maximum atomic E-state index is 13.0. The van der Waals surface area contributed by atoms with E-state index >= 15 is 0 Å². The molecule has 1 heterocycles. The Kier molecular flexibility index (Phi) is 7.22. The van der Waals surface area contributed by atoms with Gasteiger partial charge in [-0.15, -0.1) is 0 Å². The molecule has 30 heavy (non-hydrogen) atoms. The lowest BCUT2D eigenvalue weighted by atomic mass is 9.94. The van der Waals surface area contributed by atoms with E-state index in [-0.39, 0.29) is 24.1 Å². The summed E-state index contributed by atoms with van der Waals surface area (Å²) in [5.41, 5.74) is 7.42.